The van der Waals surface area contributed by atoms with Gasteiger partial charge >= 0.3 is 0 Å². The summed E-state index contributed by atoms with van der Waals surface area (Å²) >= 11 is 0. The molecule has 1 saturated carbocycles. The van der Waals surface area contributed by atoms with Gasteiger partial charge in [0.15, 0.2) is 5.96 Å². The Labute approximate surface area is 121 Å². The van der Waals surface area contributed by atoms with Crippen LogP contribution in [0.15, 0.2) is 35.3 Å². The van der Waals surface area contributed by atoms with Crippen molar-refractivity contribution >= 4 is 5.96 Å². The van der Waals surface area contributed by atoms with Crippen LogP contribution in [0.5, 0.6) is 0 Å². The first-order valence-corrected chi connectivity index (χ1v) is 7.41. The molecule has 2 atom stereocenters. The smallest absolute Gasteiger partial charge is 0.191 e. The highest BCUT2D eigenvalue weighted by atomic mass is 16.5. The van der Waals surface area contributed by atoms with Gasteiger partial charge in [-0.2, -0.15) is 0 Å². The molecule has 0 spiro atoms. The van der Waals surface area contributed by atoms with Crippen LogP contribution in [0.2, 0.25) is 0 Å². The molecule has 20 heavy (non-hydrogen) atoms. The van der Waals surface area contributed by atoms with Crippen molar-refractivity contribution in [2.24, 2.45) is 10.9 Å². The summed E-state index contributed by atoms with van der Waals surface area (Å²) in [6, 6.07) is 10.7. The normalized spacial score (nSPS) is 21.6. The van der Waals surface area contributed by atoms with Gasteiger partial charge in [-0.05, 0) is 30.7 Å². The van der Waals surface area contributed by atoms with Crippen LogP contribution in [0, 0.1) is 5.92 Å². The minimum Gasteiger partial charge on any atom is -0.383 e. The van der Waals surface area contributed by atoms with Gasteiger partial charge < -0.3 is 15.4 Å². The van der Waals surface area contributed by atoms with Gasteiger partial charge in [0.05, 0.1) is 6.61 Å². The van der Waals surface area contributed by atoms with E-state index in [1.165, 1.54) is 12.0 Å². The van der Waals surface area contributed by atoms with E-state index < -0.39 is 0 Å². The van der Waals surface area contributed by atoms with E-state index in [0.717, 1.165) is 25.6 Å². The highest BCUT2D eigenvalue weighted by molar-refractivity contribution is 5.79. The molecule has 0 aromatic heterocycles. The fraction of sp³-hybridized carbons (Fsp3) is 0.562. The average molecular weight is 275 g/mol. The number of rotatable bonds is 7. The zero-order valence-electron chi connectivity index (χ0n) is 12.4. The van der Waals surface area contributed by atoms with Crippen LogP contribution in [0.1, 0.15) is 24.8 Å². The van der Waals surface area contributed by atoms with E-state index in [9.17, 15) is 0 Å². The van der Waals surface area contributed by atoms with E-state index in [-0.39, 0.29) is 0 Å². The standard InChI is InChI=1S/C16H25N3O/c1-3-17-16(18-9-10-20-2)19-12-14-11-15(14)13-7-5-4-6-8-13/h4-8,14-15H,3,9-12H2,1-2H3,(H2,17,18,19). The molecule has 0 bridgehead atoms. The largest absolute Gasteiger partial charge is 0.383 e. The van der Waals surface area contributed by atoms with E-state index in [1.807, 2.05) is 0 Å². The maximum Gasteiger partial charge on any atom is 0.191 e. The summed E-state index contributed by atoms with van der Waals surface area (Å²) in [7, 11) is 1.71. The van der Waals surface area contributed by atoms with E-state index in [4.69, 9.17) is 4.74 Å². The molecule has 4 nitrogen and oxygen atoms in total. The van der Waals surface area contributed by atoms with Crippen molar-refractivity contribution in [2.75, 3.05) is 33.4 Å². The van der Waals surface area contributed by atoms with E-state index in [1.54, 1.807) is 7.11 Å². The Balaban J connectivity index is 1.79. The van der Waals surface area contributed by atoms with E-state index >= 15 is 0 Å². The molecule has 1 aromatic carbocycles. The maximum atomic E-state index is 5.04. The van der Waals surface area contributed by atoms with Crippen LogP contribution in [-0.2, 0) is 4.74 Å². The molecule has 1 aliphatic carbocycles. The summed E-state index contributed by atoms with van der Waals surface area (Å²) in [6.07, 6.45) is 1.25. The third kappa shape index (κ3) is 4.53. The second-order valence-corrected chi connectivity index (χ2v) is 5.15. The van der Waals surface area contributed by atoms with E-state index in [2.05, 4.69) is 52.9 Å². The first-order valence-electron chi connectivity index (χ1n) is 7.41. The van der Waals surface area contributed by atoms with Gasteiger partial charge in [-0.3, -0.25) is 4.99 Å². The monoisotopic (exact) mass is 275 g/mol. The lowest BCUT2D eigenvalue weighted by atomic mass is 10.1. The molecule has 2 N–H and O–H groups in total. The number of hydrogen-bond acceptors (Lipinski definition) is 2. The Morgan fingerprint density at radius 3 is 2.80 bits per heavy atom. The van der Waals surface area contributed by atoms with Crippen LogP contribution < -0.4 is 10.6 Å². The minimum absolute atomic E-state index is 0.690. The van der Waals surface area contributed by atoms with Gasteiger partial charge in [0.1, 0.15) is 0 Å². The van der Waals surface area contributed by atoms with Crippen molar-refractivity contribution in [2.45, 2.75) is 19.3 Å². The first kappa shape index (κ1) is 14.9. The molecule has 0 heterocycles. The highest BCUT2D eigenvalue weighted by Gasteiger charge is 2.37. The topological polar surface area (TPSA) is 45.7 Å². The average Bonchev–Trinajstić information content (AvgIpc) is 3.25. The van der Waals surface area contributed by atoms with Crippen molar-refractivity contribution in [3.63, 3.8) is 0 Å². The summed E-state index contributed by atoms with van der Waals surface area (Å²) in [4.78, 5) is 4.66. The number of hydrogen-bond donors (Lipinski definition) is 2. The molecule has 0 aliphatic heterocycles. The SMILES string of the molecule is CCNC(=NCC1CC1c1ccccc1)NCCOC. The second kappa shape index (κ2) is 7.90. The van der Waals surface area contributed by atoms with Crippen LogP contribution in [0.25, 0.3) is 0 Å². The lowest BCUT2D eigenvalue weighted by molar-refractivity contribution is 0.203. The van der Waals surface area contributed by atoms with Crippen molar-refractivity contribution in [1.82, 2.24) is 10.6 Å². The molecule has 2 unspecified atom stereocenters. The zero-order chi connectivity index (χ0) is 14.2. The summed E-state index contributed by atoms with van der Waals surface area (Å²) in [5.74, 6) is 2.28. The molecule has 1 fully saturated rings. The molecule has 2 rings (SSSR count). The van der Waals surface area contributed by atoms with Crippen molar-refractivity contribution < 1.29 is 4.74 Å². The van der Waals surface area contributed by atoms with Gasteiger partial charge in [0.2, 0.25) is 0 Å². The third-order valence-corrected chi connectivity index (χ3v) is 3.58. The number of aliphatic imine (C=N–C) groups is 1. The molecule has 1 aromatic rings. The molecular formula is C16H25N3O. The number of ether oxygens (including phenoxy) is 1. The molecule has 4 heteroatoms. The first-order chi connectivity index (χ1) is 9.85. The molecular weight excluding hydrogens is 250 g/mol. The Hall–Kier alpha value is -1.55. The minimum atomic E-state index is 0.690. The Morgan fingerprint density at radius 1 is 1.30 bits per heavy atom. The summed E-state index contributed by atoms with van der Waals surface area (Å²) in [6.45, 7) is 5.33. The Morgan fingerprint density at radius 2 is 2.10 bits per heavy atom. The molecule has 0 radical (unpaired) electrons. The number of nitrogens with one attached hydrogen (secondary N) is 2. The van der Waals surface area contributed by atoms with Gasteiger partial charge in [0, 0.05) is 26.7 Å². The molecule has 110 valence electrons. The van der Waals surface area contributed by atoms with Gasteiger partial charge in [-0.15, -0.1) is 0 Å². The van der Waals surface area contributed by atoms with Gasteiger partial charge in [-0.25, -0.2) is 0 Å². The quantitative estimate of drug-likeness (QED) is 0.454. The second-order valence-electron chi connectivity index (χ2n) is 5.15. The van der Waals surface area contributed by atoms with Crippen molar-refractivity contribution in [3.05, 3.63) is 35.9 Å². The third-order valence-electron chi connectivity index (χ3n) is 3.58. The summed E-state index contributed by atoms with van der Waals surface area (Å²) in [5.41, 5.74) is 1.45. The lowest BCUT2D eigenvalue weighted by Crippen LogP contribution is -2.39. The van der Waals surface area contributed by atoms with Crippen molar-refractivity contribution in [1.29, 1.82) is 0 Å². The predicted molar refractivity (Wildman–Crippen MR) is 83.1 cm³/mol. The number of methoxy groups -OCH3 is 1. The Kier molecular flexibility index (Phi) is 5.87. The van der Waals surface area contributed by atoms with Gasteiger partial charge in [-0.1, -0.05) is 30.3 Å². The molecule has 0 saturated heterocycles. The van der Waals surface area contributed by atoms with Crippen molar-refractivity contribution in [3.8, 4) is 0 Å². The Bertz CT molecular complexity index is 419. The van der Waals surface area contributed by atoms with E-state index in [0.29, 0.717) is 18.4 Å². The van der Waals surface area contributed by atoms with Crippen LogP contribution in [0.4, 0.5) is 0 Å². The highest BCUT2D eigenvalue weighted by Crippen LogP contribution is 2.47. The fourth-order valence-electron chi connectivity index (χ4n) is 2.38. The van der Waals surface area contributed by atoms with Crippen LogP contribution in [0.3, 0.4) is 0 Å². The number of nitrogens with zero attached hydrogens (tertiary/aromatic N) is 1. The summed E-state index contributed by atoms with van der Waals surface area (Å²) in [5, 5.41) is 6.54. The van der Waals surface area contributed by atoms with Crippen LogP contribution in [-0.4, -0.2) is 39.3 Å². The lowest BCUT2D eigenvalue weighted by Gasteiger charge is -2.10. The predicted octanol–water partition coefficient (Wildman–Crippen LogP) is 1.99. The molecule has 1 aliphatic rings. The maximum absolute atomic E-state index is 5.04. The fourth-order valence-corrected chi connectivity index (χ4v) is 2.38. The zero-order valence-corrected chi connectivity index (χ0v) is 12.4. The number of benzene rings is 1. The van der Waals surface area contributed by atoms with Crippen LogP contribution >= 0.6 is 0 Å². The molecule has 0 amide bonds. The number of guanidine groups is 1. The summed E-state index contributed by atoms with van der Waals surface area (Å²) < 4.78 is 5.04. The van der Waals surface area contributed by atoms with Gasteiger partial charge in [0.25, 0.3) is 0 Å².